The van der Waals surface area contributed by atoms with Gasteiger partial charge in [-0.25, -0.2) is 0 Å². The van der Waals surface area contributed by atoms with Crippen LogP contribution < -0.4 is 10.1 Å². The average Bonchev–Trinajstić information content (AvgIpc) is 3.29. The predicted molar refractivity (Wildman–Crippen MR) is 114 cm³/mol. The van der Waals surface area contributed by atoms with Crippen LogP contribution in [0.2, 0.25) is 0 Å². The van der Waals surface area contributed by atoms with Crippen molar-refractivity contribution in [2.24, 2.45) is 0 Å². The number of nitrogens with zero attached hydrogens (tertiary/aromatic N) is 3. The molecule has 1 aliphatic rings. The van der Waals surface area contributed by atoms with E-state index < -0.39 is 0 Å². The van der Waals surface area contributed by atoms with Crippen molar-refractivity contribution in [3.8, 4) is 11.8 Å². The zero-order valence-corrected chi connectivity index (χ0v) is 17.8. The first-order valence-corrected chi connectivity index (χ1v) is 10.2. The highest BCUT2D eigenvalue weighted by Crippen LogP contribution is 2.37. The van der Waals surface area contributed by atoms with Gasteiger partial charge in [-0.2, -0.15) is 5.26 Å². The average molecular weight is 395 g/mol. The summed E-state index contributed by atoms with van der Waals surface area (Å²) >= 11 is 0. The summed E-state index contributed by atoms with van der Waals surface area (Å²) in [6.45, 7) is 4.89. The van der Waals surface area contributed by atoms with Crippen LogP contribution >= 0.6 is 0 Å². The minimum absolute atomic E-state index is 0.108. The van der Waals surface area contributed by atoms with Gasteiger partial charge in [0.15, 0.2) is 0 Å². The van der Waals surface area contributed by atoms with E-state index in [4.69, 9.17) is 4.74 Å². The van der Waals surface area contributed by atoms with E-state index >= 15 is 0 Å². The lowest BCUT2D eigenvalue weighted by molar-refractivity contribution is -0.117. The van der Waals surface area contributed by atoms with Gasteiger partial charge in [-0.1, -0.05) is 25.0 Å². The van der Waals surface area contributed by atoms with Gasteiger partial charge >= 0.3 is 0 Å². The topological polar surface area (TPSA) is 70.3 Å². The molecule has 0 saturated heterocycles. The lowest BCUT2D eigenvalue weighted by Gasteiger charge is -2.21. The Hall–Kier alpha value is -2.78. The SMILES string of the molecule is COc1cccc(CN(C)CC(=O)Nc2c(C#N)c(C)c(C)n2C2CCCC2)c1. The molecule has 0 spiro atoms. The highest BCUT2D eigenvalue weighted by Gasteiger charge is 2.26. The summed E-state index contributed by atoms with van der Waals surface area (Å²) in [5.74, 6) is 1.36. The van der Waals surface area contributed by atoms with Crippen LogP contribution in [0.25, 0.3) is 0 Å². The Morgan fingerprint density at radius 3 is 2.72 bits per heavy atom. The molecule has 0 atom stereocenters. The summed E-state index contributed by atoms with van der Waals surface area (Å²) in [5.41, 5.74) is 3.70. The highest BCUT2D eigenvalue weighted by atomic mass is 16.5. The van der Waals surface area contributed by atoms with Crippen molar-refractivity contribution in [3.63, 3.8) is 0 Å². The second-order valence-electron chi connectivity index (χ2n) is 7.93. The van der Waals surface area contributed by atoms with Crippen molar-refractivity contribution >= 4 is 11.7 Å². The highest BCUT2D eigenvalue weighted by molar-refractivity contribution is 5.93. The third-order valence-electron chi connectivity index (χ3n) is 5.82. The van der Waals surface area contributed by atoms with Crippen LogP contribution in [0.4, 0.5) is 5.82 Å². The fourth-order valence-electron chi connectivity index (χ4n) is 4.26. The summed E-state index contributed by atoms with van der Waals surface area (Å²) in [7, 11) is 3.56. The zero-order chi connectivity index (χ0) is 21.0. The number of anilines is 1. The molecule has 1 fully saturated rings. The Labute approximate surface area is 173 Å². The lowest BCUT2D eigenvalue weighted by atomic mass is 10.2. The van der Waals surface area contributed by atoms with Gasteiger partial charge < -0.3 is 14.6 Å². The zero-order valence-electron chi connectivity index (χ0n) is 17.8. The summed E-state index contributed by atoms with van der Waals surface area (Å²) < 4.78 is 7.45. The van der Waals surface area contributed by atoms with Crippen LogP contribution in [0, 0.1) is 25.2 Å². The maximum absolute atomic E-state index is 12.8. The number of carbonyl (C=O) groups excluding carboxylic acids is 1. The molecule has 1 amide bonds. The Morgan fingerprint density at radius 1 is 1.34 bits per heavy atom. The molecule has 3 rings (SSSR count). The number of hydrogen-bond donors (Lipinski definition) is 1. The number of amides is 1. The van der Waals surface area contributed by atoms with E-state index in [-0.39, 0.29) is 12.5 Å². The maximum Gasteiger partial charge on any atom is 0.239 e. The van der Waals surface area contributed by atoms with Crippen LogP contribution in [0.5, 0.6) is 5.75 Å². The number of ether oxygens (including phenoxy) is 1. The van der Waals surface area contributed by atoms with Gasteiger partial charge in [0.2, 0.25) is 5.91 Å². The molecule has 0 radical (unpaired) electrons. The third-order valence-corrected chi connectivity index (χ3v) is 5.82. The monoisotopic (exact) mass is 394 g/mol. The fourth-order valence-corrected chi connectivity index (χ4v) is 4.26. The first-order valence-electron chi connectivity index (χ1n) is 10.2. The van der Waals surface area contributed by atoms with E-state index in [0.717, 1.165) is 35.4 Å². The largest absolute Gasteiger partial charge is 0.497 e. The molecule has 6 heteroatoms. The maximum atomic E-state index is 12.8. The number of nitriles is 1. The van der Waals surface area contributed by atoms with E-state index in [9.17, 15) is 10.1 Å². The molecule has 1 aliphatic carbocycles. The molecule has 0 bridgehead atoms. The lowest BCUT2D eigenvalue weighted by Crippen LogP contribution is -2.31. The first kappa shape index (κ1) is 20.9. The van der Waals surface area contributed by atoms with Gasteiger partial charge in [0.25, 0.3) is 0 Å². The van der Waals surface area contributed by atoms with E-state index in [1.165, 1.54) is 12.8 Å². The van der Waals surface area contributed by atoms with Gasteiger partial charge in [0, 0.05) is 18.3 Å². The van der Waals surface area contributed by atoms with Gasteiger partial charge in [-0.3, -0.25) is 9.69 Å². The Morgan fingerprint density at radius 2 is 2.07 bits per heavy atom. The molecule has 0 unspecified atom stereocenters. The number of nitrogens with one attached hydrogen (secondary N) is 1. The van der Waals surface area contributed by atoms with Crippen LogP contribution in [-0.4, -0.2) is 36.1 Å². The molecule has 29 heavy (non-hydrogen) atoms. The molecule has 1 aromatic heterocycles. The molecule has 1 heterocycles. The number of likely N-dealkylation sites (N-methyl/N-ethyl adjacent to an activating group) is 1. The fraction of sp³-hybridized carbons (Fsp3) is 0.478. The minimum atomic E-state index is -0.108. The summed E-state index contributed by atoms with van der Waals surface area (Å²) in [6.07, 6.45) is 4.58. The number of rotatable bonds is 7. The van der Waals surface area contributed by atoms with Crippen molar-refractivity contribution in [2.75, 3.05) is 26.0 Å². The minimum Gasteiger partial charge on any atom is -0.497 e. The van der Waals surface area contributed by atoms with Gasteiger partial charge in [-0.15, -0.1) is 0 Å². The van der Waals surface area contributed by atoms with Crippen molar-refractivity contribution in [1.82, 2.24) is 9.47 Å². The van der Waals surface area contributed by atoms with Gasteiger partial charge in [0.05, 0.1) is 19.2 Å². The van der Waals surface area contributed by atoms with Crippen LogP contribution in [-0.2, 0) is 11.3 Å². The molecular formula is C23H30N4O2. The van der Waals surface area contributed by atoms with Crippen molar-refractivity contribution < 1.29 is 9.53 Å². The first-order chi connectivity index (χ1) is 13.9. The van der Waals surface area contributed by atoms with Crippen molar-refractivity contribution in [2.45, 2.75) is 52.1 Å². The molecule has 6 nitrogen and oxygen atoms in total. The van der Waals surface area contributed by atoms with Crippen LogP contribution in [0.3, 0.4) is 0 Å². The molecule has 0 aliphatic heterocycles. The number of hydrogen-bond acceptors (Lipinski definition) is 4. The van der Waals surface area contributed by atoms with E-state index in [1.54, 1.807) is 7.11 Å². The molecule has 2 aromatic rings. The van der Waals surface area contributed by atoms with Crippen molar-refractivity contribution in [1.29, 1.82) is 5.26 Å². The number of methoxy groups -OCH3 is 1. The normalized spacial score (nSPS) is 14.2. The third kappa shape index (κ3) is 4.63. The number of aromatic nitrogens is 1. The van der Waals surface area contributed by atoms with Crippen LogP contribution in [0.1, 0.15) is 54.1 Å². The molecule has 1 N–H and O–H groups in total. The van der Waals surface area contributed by atoms with E-state index in [0.29, 0.717) is 24.0 Å². The van der Waals surface area contributed by atoms with Gasteiger partial charge in [-0.05, 0) is 57.0 Å². The Kier molecular flexibility index (Phi) is 6.60. The molecule has 1 aromatic carbocycles. The number of benzene rings is 1. The van der Waals surface area contributed by atoms with Crippen molar-refractivity contribution in [3.05, 3.63) is 46.6 Å². The van der Waals surface area contributed by atoms with Crippen LogP contribution in [0.15, 0.2) is 24.3 Å². The predicted octanol–water partition coefficient (Wildman–Crippen LogP) is 4.17. The molecular weight excluding hydrogens is 364 g/mol. The Bertz CT molecular complexity index is 920. The molecule has 154 valence electrons. The second kappa shape index (κ2) is 9.15. The van der Waals surface area contributed by atoms with E-state index in [1.807, 2.05) is 50.1 Å². The molecule has 1 saturated carbocycles. The smallest absolute Gasteiger partial charge is 0.239 e. The number of carbonyl (C=O) groups is 1. The summed E-state index contributed by atoms with van der Waals surface area (Å²) in [5, 5.41) is 12.7. The van der Waals surface area contributed by atoms with Gasteiger partial charge in [0.1, 0.15) is 17.6 Å². The summed E-state index contributed by atoms with van der Waals surface area (Å²) in [6, 6.07) is 10.5. The van der Waals surface area contributed by atoms with E-state index in [2.05, 4.69) is 16.0 Å². The quantitative estimate of drug-likeness (QED) is 0.765. The second-order valence-corrected chi connectivity index (χ2v) is 7.93. The Balaban J connectivity index is 1.73. The summed E-state index contributed by atoms with van der Waals surface area (Å²) in [4.78, 5) is 14.7. The standard InChI is InChI=1S/C23H30N4O2/c1-16-17(2)27(19-9-5-6-10-19)23(21(16)13-24)25-22(28)15-26(3)14-18-8-7-11-20(12-18)29-4/h7-8,11-12,19H,5-6,9-10,14-15H2,1-4H3,(H,25,28).